The third kappa shape index (κ3) is 4.33. The van der Waals surface area contributed by atoms with Crippen molar-refractivity contribution < 1.29 is 19.8 Å². The van der Waals surface area contributed by atoms with Gasteiger partial charge in [0.25, 0.3) is 0 Å². The van der Waals surface area contributed by atoms with Crippen molar-refractivity contribution >= 4 is 12.0 Å². The van der Waals surface area contributed by atoms with Crippen LogP contribution in [0, 0.1) is 0 Å². The van der Waals surface area contributed by atoms with E-state index >= 15 is 0 Å². The van der Waals surface area contributed by atoms with Crippen molar-refractivity contribution in [1.82, 2.24) is 9.80 Å². The second kappa shape index (κ2) is 7.64. The summed E-state index contributed by atoms with van der Waals surface area (Å²) in [6, 6.07) is -0.222. The SMILES string of the molecule is CC(C)N(CCO)C(=O)N(C)C1(CC(=O)O)CCCCC1. The van der Waals surface area contributed by atoms with Gasteiger partial charge in [-0.05, 0) is 26.7 Å². The Morgan fingerprint density at radius 1 is 1.19 bits per heavy atom. The number of aliphatic hydroxyl groups is 1. The summed E-state index contributed by atoms with van der Waals surface area (Å²) in [5, 5.41) is 18.4. The molecule has 0 unspecified atom stereocenters. The van der Waals surface area contributed by atoms with Crippen molar-refractivity contribution in [2.24, 2.45) is 0 Å². The number of carbonyl (C=O) groups is 2. The van der Waals surface area contributed by atoms with E-state index in [1.54, 1.807) is 16.8 Å². The summed E-state index contributed by atoms with van der Waals surface area (Å²) in [6.07, 6.45) is 4.44. The smallest absolute Gasteiger partial charge is 0.320 e. The van der Waals surface area contributed by atoms with Crippen LogP contribution in [0.5, 0.6) is 0 Å². The number of amides is 2. The highest BCUT2D eigenvalue weighted by molar-refractivity contribution is 5.77. The molecule has 6 nitrogen and oxygen atoms in total. The maximum atomic E-state index is 12.7. The van der Waals surface area contributed by atoms with Crippen LogP contribution in [-0.4, -0.2) is 63.8 Å². The van der Waals surface area contributed by atoms with Crippen LogP contribution < -0.4 is 0 Å². The number of rotatable bonds is 6. The molecule has 1 rings (SSSR count). The Balaban J connectivity index is 2.95. The molecule has 0 radical (unpaired) electrons. The number of hydrogen-bond donors (Lipinski definition) is 2. The normalized spacial score (nSPS) is 17.6. The van der Waals surface area contributed by atoms with E-state index in [2.05, 4.69) is 0 Å². The van der Waals surface area contributed by atoms with Gasteiger partial charge in [0.15, 0.2) is 0 Å². The Labute approximate surface area is 126 Å². The zero-order chi connectivity index (χ0) is 16.0. The van der Waals surface area contributed by atoms with Gasteiger partial charge in [0.05, 0.1) is 18.6 Å². The molecule has 1 saturated carbocycles. The molecule has 0 heterocycles. The molecule has 0 atom stereocenters. The first-order chi connectivity index (χ1) is 9.84. The first kappa shape index (κ1) is 17.8. The molecule has 2 N–H and O–H groups in total. The Kier molecular flexibility index (Phi) is 6.45. The molecule has 0 aromatic carbocycles. The highest BCUT2D eigenvalue weighted by atomic mass is 16.4. The van der Waals surface area contributed by atoms with E-state index in [0.29, 0.717) is 0 Å². The largest absolute Gasteiger partial charge is 0.481 e. The van der Waals surface area contributed by atoms with Crippen LogP contribution in [0.3, 0.4) is 0 Å². The number of aliphatic hydroxyl groups excluding tert-OH is 1. The first-order valence-electron chi connectivity index (χ1n) is 7.71. The molecule has 1 fully saturated rings. The molecule has 0 aromatic rings. The molecule has 1 aliphatic carbocycles. The van der Waals surface area contributed by atoms with Gasteiger partial charge in [-0.2, -0.15) is 0 Å². The van der Waals surface area contributed by atoms with Gasteiger partial charge in [0.1, 0.15) is 0 Å². The number of carbonyl (C=O) groups excluding carboxylic acids is 1. The Bertz CT molecular complexity index is 365. The quantitative estimate of drug-likeness (QED) is 0.785. The summed E-state index contributed by atoms with van der Waals surface area (Å²) in [5.41, 5.74) is -0.593. The second-order valence-electron chi connectivity index (χ2n) is 6.21. The van der Waals surface area contributed by atoms with Gasteiger partial charge in [-0.1, -0.05) is 19.3 Å². The molecule has 0 bridgehead atoms. The van der Waals surface area contributed by atoms with Gasteiger partial charge in [-0.15, -0.1) is 0 Å². The Morgan fingerprint density at radius 2 is 1.76 bits per heavy atom. The van der Waals surface area contributed by atoms with E-state index < -0.39 is 11.5 Å². The van der Waals surface area contributed by atoms with Crippen molar-refractivity contribution in [3.63, 3.8) is 0 Å². The van der Waals surface area contributed by atoms with Crippen LogP contribution in [0.25, 0.3) is 0 Å². The maximum Gasteiger partial charge on any atom is 0.320 e. The van der Waals surface area contributed by atoms with Crippen molar-refractivity contribution in [3.8, 4) is 0 Å². The summed E-state index contributed by atoms with van der Waals surface area (Å²) in [7, 11) is 1.70. The van der Waals surface area contributed by atoms with Gasteiger partial charge in [-0.25, -0.2) is 4.79 Å². The minimum atomic E-state index is -0.866. The minimum Gasteiger partial charge on any atom is -0.481 e. The number of carboxylic acids is 1. The minimum absolute atomic E-state index is 0.0136. The van der Waals surface area contributed by atoms with Crippen molar-refractivity contribution in [1.29, 1.82) is 0 Å². The lowest BCUT2D eigenvalue weighted by Crippen LogP contribution is -2.57. The molecule has 2 amide bonds. The fourth-order valence-electron chi connectivity index (χ4n) is 3.20. The van der Waals surface area contributed by atoms with Gasteiger partial charge >= 0.3 is 12.0 Å². The molecule has 122 valence electrons. The van der Waals surface area contributed by atoms with E-state index in [-0.39, 0.29) is 31.6 Å². The van der Waals surface area contributed by atoms with Crippen LogP contribution in [-0.2, 0) is 4.79 Å². The number of urea groups is 1. The van der Waals surface area contributed by atoms with Crippen LogP contribution in [0.2, 0.25) is 0 Å². The number of carboxylic acid groups (broad SMARTS) is 1. The van der Waals surface area contributed by atoms with Gasteiger partial charge < -0.3 is 20.0 Å². The Morgan fingerprint density at radius 3 is 2.19 bits per heavy atom. The topological polar surface area (TPSA) is 81.1 Å². The summed E-state index contributed by atoms with van der Waals surface area (Å²) >= 11 is 0. The van der Waals surface area contributed by atoms with Gasteiger partial charge in [0.2, 0.25) is 0 Å². The highest BCUT2D eigenvalue weighted by Crippen LogP contribution is 2.36. The van der Waals surface area contributed by atoms with Gasteiger partial charge in [-0.3, -0.25) is 4.79 Å². The lowest BCUT2D eigenvalue weighted by atomic mass is 9.78. The molecule has 0 spiro atoms. The van der Waals surface area contributed by atoms with E-state index in [1.807, 2.05) is 13.8 Å². The van der Waals surface area contributed by atoms with E-state index in [1.165, 1.54) is 0 Å². The fourth-order valence-corrected chi connectivity index (χ4v) is 3.20. The summed E-state index contributed by atoms with van der Waals surface area (Å²) in [5.74, 6) is -0.866. The van der Waals surface area contributed by atoms with Crippen LogP contribution in [0.4, 0.5) is 4.79 Å². The molecule has 6 heteroatoms. The molecule has 1 aliphatic rings. The van der Waals surface area contributed by atoms with Crippen LogP contribution >= 0.6 is 0 Å². The maximum absolute atomic E-state index is 12.7. The third-order valence-electron chi connectivity index (χ3n) is 4.47. The van der Waals surface area contributed by atoms with Crippen LogP contribution in [0.15, 0.2) is 0 Å². The van der Waals surface area contributed by atoms with Gasteiger partial charge in [0, 0.05) is 19.6 Å². The standard InChI is InChI=1S/C15H28N2O4/c1-12(2)17(9-10-18)14(21)16(3)15(11-13(19)20)7-5-4-6-8-15/h12,18H,4-11H2,1-3H3,(H,19,20). The third-order valence-corrected chi connectivity index (χ3v) is 4.47. The highest BCUT2D eigenvalue weighted by Gasteiger charge is 2.41. The molecule has 21 heavy (non-hydrogen) atoms. The Hall–Kier alpha value is -1.30. The lowest BCUT2D eigenvalue weighted by molar-refractivity contribution is -0.140. The summed E-state index contributed by atoms with van der Waals surface area (Å²) in [6.45, 7) is 3.96. The molecular formula is C15H28N2O4. The lowest BCUT2D eigenvalue weighted by Gasteiger charge is -2.46. The van der Waals surface area contributed by atoms with E-state index in [0.717, 1.165) is 32.1 Å². The molecule has 0 saturated heterocycles. The van der Waals surface area contributed by atoms with Crippen LogP contribution in [0.1, 0.15) is 52.4 Å². The average molecular weight is 300 g/mol. The molecule has 0 aliphatic heterocycles. The second-order valence-corrected chi connectivity index (χ2v) is 6.21. The zero-order valence-electron chi connectivity index (χ0n) is 13.3. The first-order valence-corrected chi connectivity index (χ1v) is 7.71. The number of hydrogen-bond acceptors (Lipinski definition) is 3. The molecule has 0 aromatic heterocycles. The van der Waals surface area contributed by atoms with Crippen molar-refractivity contribution in [2.45, 2.75) is 64.0 Å². The van der Waals surface area contributed by atoms with E-state index in [9.17, 15) is 14.7 Å². The van der Waals surface area contributed by atoms with Crippen molar-refractivity contribution in [2.75, 3.05) is 20.2 Å². The summed E-state index contributed by atoms with van der Waals surface area (Å²) in [4.78, 5) is 27.1. The molecular weight excluding hydrogens is 272 g/mol. The predicted octanol–water partition coefficient (Wildman–Crippen LogP) is 1.92. The van der Waals surface area contributed by atoms with E-state index in [4.69, 9.17) is 5.11 Å². The number of nitrogens with zero attached hydrogens (tertiary/aromatic N) is 2. The monoisotopic (exact) mass is 300 g/mol. The average Bonchev–Trinajstić information content (AvgIpc) is 2.43. The van der Waals surface area contributed by atoms with Crippen molar-refractivity contribution in [3.05, 3.63) is 0 Å². The predicted molar refractivity (Wildman–Crippen MR) is 80.2 cm³/mol. The summed E-state index contributed by atoms with van der Waals surface area (Å²) < 4.78 is 0. The zero-order valence-corrected chi connectivity index (χ0v) is 13.3. The number of aliphatic carboxylic acids is 1. The fraction of sp³-hybridized carbons (Fsp3) is 0.867.